The van der Waals surface area contributed by atoms with Crippen LogP contribution in [0.1, 0.15) is 0 Å². The molecule has 2 aromatic rings. The summed E-state index contributed by atoms with van der Waals surface area (Å²) in [6.07, 6.45) is 1.87. The maximum absolute atomic E-state index is 5.66. The standard InChI is InChI=1S/C8H9BrN4/c1-13-6(5-3-2-4-11-5)7(9)12-8(13)10/h2-4,11H,1H3,(H2,10,12). The van der Waals surface area contributed by atoms with Gasteiger partial charge in [0.1, 0.15) is 10.3 Å². The highest BCUT2D eigenvalue weighted by atomic mass is 79.9. The van der Waals surface area contributed by atoms with Crippen LogP contribution < -0.4 is 5.73 Å². The highest BCUT2D eigenvalue weighted by Crippen LogP contribution is 2.27. The number of nitrogens with one attached hydrogen (secondary N) is 1. The SMILES string of the molecule is Cn1c(N)nc(Br)c1-c1ccc[nH]1. The van der Waals surface area contributed by atoms with E-state index < -0.39 is 0 Å². The Balaban J connectivity index is 2.64. The first kappa shape index (κ1) is 8.37. The van der Waals surface area contributed by atoms with Crippen molar-refractivity contribution in [3.05, 3.63) is 22.9 Å². The van der Waals surface area contributed by atoms with E-state index in [1.54, 1.807) is 0 Å². The van der Waals surface area contributed by atoms with Crippen molar-refractivity contribution in [3.8, 4) is 11.4 Å². The summed E-state index contributed by atoms with van der Waals surface area (Å²) in [7, 11) is 1.88. The molecule has 68 valence electrons. The zero-order chi connectivity index (χ0) is 9.42. The molecular weight excluding hydrogens is 232 g/mol. The van der Waals surface area contributed by atoms with Gasteiger partial charge in [0.05, 0.1) is 5.69 Å². The molecule has 0 spiro atoms. The van der Waals surface area contributed by atoms with Crippen LogP contribution in [0.5, 0.6) is 0 Å². The average Bonchev–Trinajstić information content (AvgIpc) is 2.63. The molecule has 2 heterocycles. The van der Waals surface area contributed by atoms with Crippen LogP contribution in [0.25, 0.3) is 11.4 Å². The van der Waals surface area contributed by atoms with Crippen molar-refractivity contribution in [2.75, 3.05) is 5.73 Å². The largest absolute Gasteiger partial charge is 0.369 e. The van der Waals surface area contributed by atoms with E-state index in [9.17, 15) is 0 Å². The van der Waals surface area contributed by atoms with Gasteiger partial charge in [-0.15, -0.1) is 0 Å². The van der Waals surface area contributed by atoms with Crippen LogP contribution in [-0.4, -0.2) is 14.5 Å². The molecule has 0 fully saturated rings. The predicted octanol–water partition coefficient (Wildman–Crippen LogP) is 1.76. The van der Waals surface area contributed by atoms with Crippen LogP contribution in [-0.2, 0) is 7.05 Å². The molecule has 0 radical (unpaired) electrons. The fourth-order valence-corrected chi connectivity index (χ4v) is 1.91. The Hall–Kier alpha value is -1.23. The lowest BCUT2D eigenvalue weighted by atomic mass is 10.3. The number of nitrogen functional groups attached to an aromatic ring is 1. The van der Waals surface area contributed by atoms with Crippen molar-refractivity contribution in [2.45, 2.75) is 0 Å². The number of aromatic amines is 1. The summed E-state index contributed by atoms with van der Waals surface area (Å²) in [5.74, 6) is 0.497. The second-order valence-electron chi connectivity index (χ2n) is 2.75. The molecule has 2 rings (SSSR count). The molecule has 0 aliphatic rings. The number of rotatable bonds is 1. The third-order valence-corrected chi connectivity index (χ3v) is 2.49. The first-order chi connectivity index (χ1) is 6.20. The molecule has 0 aromatic carbocycles. The minimum absolute atomic E-state index is 0.497. The molecule has 4 nitrogen and oxygen atoms in total. The predicted molar refractivity (Wildman–Crippen MR) is 55.1 cm³/mol. The number of aromatic nitrogens is 3. The van der Waals surface area contributed by atoms with Crippen molar-refractivity contribution in [2.24, 2.45) is 7.05 Å². The number of nitrogens with zero attached hydrogens (tertiary/aromatic N) is 2. The van der Waals surface area contributed by atoms with E-state index in [2.05, 4.69) is 25.9 Å². The van der Waals surface area contributed by atoms with Crippen LogP contribution in [0.15, 0.2) is 22.9 Å². The van der Waals surface area contributed by atoms with Gasteiger partial charge in [-0.3, -0.25) is 0 Å². The fraction of sp³-hybridized carbons (Fsp3) is 0.125. The summed E-state index contributed by atoms with van der Waals surface area (Å²) in [6, 6.07) is 3.91. The molecule has 0 aliphatic heterocycles. The molecule has 0 saturated carbocycles. The average molecular weight is 241 g/mol. The summed E-state index contributed by atoms with van der Waals surface area (Å²) in [5, 5.41) is 0. The molecule has 0 bridgehead atoms. The number of imidazole rings is 1. The van der Waals surface area contributed by atoms with E-state index in [-0.39, 0.29) is 0 Å². The molecule has 0 unspecified atom stereocenters. The first-order valence-electron chi connectivity index (χ1n) is 3.81. The van der Waals surface area contributed by atoms with Crippen LogP contribution >= 0.6 is 15.9 Å². The van der Waals surface area contributed by atoms with Crippen LogP contribution in [0.2, 0.25) is 0 Å². The number of anilines is 1. The third-order valence-electron chi connectivity index (χ3n) is 1.94. The van der Waals surface area contributed by atoms with Gasteiger partial charge < -0.3 is 15.3 Å². The molecule has 13 heavy (non-hydrogen) atoms. The smallest absolute Gasteiger partial charge is 0.201 e. The Kier molecular flexibility index (Phi) is 1.88. The van der Waals surface area contributed by atoms with Crippen LogP contribution in [0.4, 0.5) is 5.95 Å². The van der Waals surface area contributed by atoms with E-state index in [0.29, 0.717) is 5.95 Å². The van der Waals surface area contributed by atoms with Gasteiger partial charge in [-0.1, -0.05) is 0 Å². The van der Waals surface area contributed by atoms with Crippen molar-refractivity contribution in [3.63, 3.8) is 0 Å². The van der Waals surface area contributed by atoms with Crippen LogP contribution in [0, 0.1) is 0 Å². The Morgan fingerprint density at radius 2 is 2.38 bits per heavy atom. The lowest BCUT2D eigenvalue weighted by molar-refractivity contribution is 0.934. The minimum Gasteiger partial charge on any atom is -0.369 e. The molecule has 5 heteroatoms. The Morgan fingerprint density at radius 1 is 1.62 bits per heavy atom. The quantitative estimate of drug-likeness (QED) is 0.799. The monoisotopic (exact) mass is 240 g/mol. The summed E-state index contributed by atoms with van der Waals surface area (Å²) >= 11 is 3.36. The highest BCUT2D eigenvalue weighted by Gasteiger charge is 2.12. The first-order valence-corrected chi connectivity index (χ1v) is 4.61. The number of hydrogen-bond acceptors (Lipinski definition) is 2. The molecule has 0 saturated heterocycles. The maximum Gasteiger partial charge on any atom is 0.201 e. The Labute approximate surface area is 83.9 Å². The zero-order valence-electron chi connectivity index (χ0n) is 7.08. The normalized spacial score (nSPS) is 10.6. The molecular formula is C8H9BrN4. The van der Waals surface area contributed by atoms with Crippen molar-refractivity contribution >= 4 is 21.9 Å². The summed E-state index contributed by atoms with van der Waals surface area (Å²) in [5.41, 5.74) is 7.61. The second kappa shape index (κ2) is 2.92. The minimum atomic E-state index is 0.497. The van der Waals surface area contributed by atoms with Gasteiger partial charge >= 0.3 is 0 Å². The topological polar surface area (TPSA) is 59.6 Å². The van der Waals surface area contributed by atoms with Gasteiger partial charge in [-0.2, -0.15) is 0 Å². The van der Waals surface area contributed by atoms with Crippen molar-refractivity contribution in [1.29, 1.82) is 0 Å². The summed E-state index contributed by atoms with van der Waals surface area (Å²) in [4.78, 5) is 7.21. The van der Waals surface area contributed by atoms with Gasteiger partial charge in [0.2, 0.25) is 5.95 Å². The fourth-order valence-electron chi connectivity index (χ4n) is 1.25. The molecule has 0 atom stereocenters. The van der Waals surface area contributed by atoms with Crippen LogP contribution in [0.3, 0.4) is 0 Å². The second-order valence-corrected chi connectivity index (χ2v) is 3.50. The molecule has 2 aromatic heterocycles. The number of nitrogens with two attached hydrogens (primary N) is 1. The van der Waals surface area contributed by atoms with Gasteiger partial charge in [0, 0.05) is 13.2 Å². The van der Waals surface area contributed by atoms with Crippen molar-refractivity contribution in [1.82, 2.24) is 14.5 Å². The number of halogens is 1. The number of hydrogen-bond donors (Lipinski definition) is 2. The number of H-pyrrole nitrogens is 1. The molecule has 3 N–H and O–H groups in total. The highest BCUT2D eigenvalue weighted by molar-refractivity contribution is 9.10. The lowest BCUT2D eigenvalue weighted by Gasteiger charge is -2.00. The van der Waals surface area contributed by atoms with E-state index >= 15 is 0 Å². The molecule has 0 aliphatic carbocycles. The van der Waals surface area contributed by atoms with E-state index in [4.69, 9.17) is 5.73 Å². The van der Waals surface area contributed by atoms with E-state index in [1.807, 2.05) is 29.9 Å². The van der Waals surface area contributed by atoms with Gasteiger partial charge in [-0.05, 0) is 28.1 Å². The van der Waals surface area contributed by atoms with Crippen molar-refractivity contribution < 1.29 is 0 Å². The van der Waals surface area contributed by atoms with Gasteiger partial charge in [-0.25, -0.2) is 4.98 Å². The van der Waals surface area contributed by atoms with E-state index in [1.165, 1.54) is 0 Å². The Morgan fingerprint density at radius 3 is 2.85 bits per heavy atom. The van der Waals surface area contributed by atoms with E-state index in [0.717, 1.165) is 16.0 Å². The summed E-state index contributed by atoms with van der Waals surface area (Å²) in [6.45, 7) is 0. The molecule has 0 amide bonds. The lowest BCUT2D eigenvalue weighted by Crippen LogP contribution is -1.98. The maximum atomic E-state index is 5.66. The third kappa shape index (κ3) is 1.25. The Bertz CT molecular complexity index is 416. The van der Waals surface area contributed by atoms with Gasteiger partial charge in [0.25, 0.3) is 0 Å². The summed E-state index contributed by atoms with van der Waals surface area (Å²) < 4.78 is 2.59. The van der Waals surface area contributed by atoms with Gasteiger partial charge in [0.15, 0.2) is 0 Å². The zero-order valence-corrected chi connectivity index (χ0v) is 8.67.